The maximum atomic E-state index is 12.9. The second kappa shape index (κ2) is 68.8. The molecule has 0 amide bonds. The molecule has 0 aromatic carbocycles. The van der Waals surface area contributed by atoms with Crippen LogP contribution in [0.25, 0.3) is 0 Å². The minimum absolute atomic E-state index is 0.0840. The molecule has 0 aromatic heterocycles. The van der Waals surface area contributed by atoms with Crippen LogP contribution < -0.4 is 0 Å². The zero-order chi connectivity index (χ0) is 58.5. The van der Waals surface area contributed by atoms with Crippen LogP contribution in [0.5, 0.6) is 0 Å². The molecule has 0 aliphatic rings. The molecule has 1 unspecified atom stereocenters. The first-order valence-corrected chi connectivity index (χ1v) is 34.7. The van der Waals surface area contributed by atoms with Crippen LogP contribution in [0.4, 0.5) is 0 Å². The number of hydrogen-bond acceptors (Lipinski definition) is 6. The summed E-state index contributed by atoms with van der Waals surface area (Å²) >= 11 is 0. The number of carbonyl (C=O) groups excluding carboxylic acids is 3. The highest BCUT2D eigenvalue weighted by Gasteiger charge is 2.19. The maximum absolute atomic E-state index is 12.9. The predicted octanol–water partition coefficient (Wildman–Crippen LogP) is 24.0. The normalized spacial score (nSPS) is 12.7. The van der Waals surface area contributed by atoms with Gasteiger partial charge in [0.1, 0.15) is 13.2 Å². The van der Waals surface area contributed by atoms with Crippen molar-refractivity contribution in [3.8, 4) is 0 Å². The molecule has 0 radical (unpaired) electrons. The molecule has 0 spiro atoms. The number of ether oxygens (including phenoxy) is 3. The van der Waals surface area contributed by atoms with Crippen molar-refractivity contribution in [2.45, 2.75) is 348 Å². The first-order chi connectivity index (χ1) is 40.0. The highest BCUT2D eigenvalue weighted by Crippen LogP contribution is 2.17. The molecule has 0 N–H and O–H groups in total. The average Bonchev–Trinajstić information content (AvgIpc) is 3.46. The number of carbonyl (C=O) groups is 3. The highest BCUT2D eigenvalue weighted by molar-refractivity contribution is 5.71. The van der Waals surface area contributed by atoms with Gasteiger partial charge in [-0.15, -0.1) is 0 Å². The summed E-state index contributed by atoms with van der Waals surface area (Å²) in [5.74, 6) is -0.899. The van der Waals surface area contributed by atoms with E-state index in [0.29, 0.717) is 19.3 Å². The lowest BCUT2D eigenvalue weighted by molar-refractivity contribution is -0.167. The van der Waals surface area contributed by atoms with E-state index in [9.17, 15) is 14.4 Å². The van der Waals surface area contributed by atoms with Crippen LogP contribution in [0.3, 0.4) is 0 Å². The van der Waals surface area contributed by atoms with Crippen molar-refractivity contribution in [3.63, 3.8) is 0 Å². The molecule has 0 aliphatic carbocycles. The smallest absolute Gasteiger partial charge is 0.306 e. The van der Waals surface area contributed by atoms with Gasteiger partial charge in [-0.1, -0.05) is 304 Å². The van der Waals surface area contributed by atoms with Crippen molar-refractivity contribution in [1.82, 2.24) is 0 Å². The quantitative estimate of drug-likeness (QED) is 0.0261. The molecule has 6 nitrogen and oxygen atoms in total. The second-order valence-corrected chi connectivity index (χ2v) is 23.1. The lowest BCUT2D eigenvalue weighted by atomic mass is 10.0. The van der Waals surface area contributed by atoms with E-state index in [0.717, 1.165) is 141 Å². The largest absolute Gasteiger partial charge is 0.462 e. The van der Waals surface area contributed by atoms with Crippen LogP contribution >= 0.6 is 0 Å². The lowest BCUT2D eigenvalue weighted by Crippen LogP contribution is -2.30. The van der Waals surface area contributed by atoms with Crippen LogP contribution in [0.2, 0.25) is 0 Å². The van der Waals surface area contributed by atoms with Gasteiger partial charge >= 0.3 is 17.9 Å². The van der Waals surface area contributed by atoms with Gasteiger partial charge < -0.3 is 14.2 Å². The molecule has 0 heterocycles. The summed E-state index contributed by atoms with van der Waals surface area (Å²) in [6, 6.07) is 0. The van der Waals surface area contributed by atoms with Gasteiger partial charge in [0, 0.05) is 19.3 Å². The molecule has 81 heavy (non-hydrogen) atoms. The molecule has 0 saturated carbocycles. The fourth-order valence-electron chi connectivity index (χ4n) is 9.86. The number of allylic oxidation sites excluding steroid dienone is 16. The molecule has 6 heteroatoms. The number of hydrogen-bond donors (Lipinski definition) is 0. The Balaban J connectivity index is 4.10. The van der Waals surface area contributed by atoms with E-state index in [2.05, 4.69) is 118 Å². The monoisotopic (exact) mass is 1130 g/mol. The third kappa shape index (κ3) is 67.0. The Morgan fingerprint density at radius 3 is 0.802 bits per heavy atom. The van der Waals surface area contributed by atoms with Crippen molar-refractivity contribution in [3.05, 3.63) is 97.2 Å². The molecule has 0 aliphatic heterocycles. The first-order valence-electron chi connectivity index (χ1n) is 34.7. The standard InChI is InChI=1S/C75H130O6/c1-4-7-10-13-16-19-22-25-27-28-29-30-31-32-33-34-35-36-37-38-39-40-41-42-43-44-45-46-48-50-53-56-59-62-65-68-74(77)80-71-72(70-79-73(76)67-64-61-58-55-52-49-24-21-18-15-12-9-6-3)81-75(78)69-66-63-60-57-54-51-47-26-23-20-17-14-11-8-5-2/h7,10,12,15-17,19-21,24-27,29-30,47,72H,4-6,8-9,11,13-14,18,22-23,28,31-46,48-71H2,1-3H3/b10-7-,15-12-,19-16-,20-17-,24-21-,27-25-,30-29-,47-26-. The van der Waals surface area contributed by atoms with Gasteiger partial charge in [0.25, 0.3) is 0 Å². The van der Waals surface area contributed by atoms with Gasteiger partial charge in [-0.3, -0.25) is 14.4 Å². The summed E-state index contributed by atoms with van der Waals surface area (Å²) in [4.78, 5) is 38.3. The number of esters is 3. The van der Waals surface area contributed by atoms with Crippen molar-refractivity contribution < 1.29 is 28.6 Å². The van der Waals surface area contributed by atoms with Gasteiger partial charge in [-0.2, -0.15) is 0 Å². The first kappa shape index (κ1) is 77.3. The van der Waals surface area contributed by atoms with Crippen molar-refractivity contribution >= 4 is 17.9 Å². The van der Waals surface area contributed by atoms with Gasteiger partial charge in [0.05, 0.1) is 0 Å². The van der Waals surface area contributed by atoms with Gasteiger partial charge in [0.15, 0.2) is 6.10 Å². The predicted molar refractivity (Wildman–Crippen MR) is 353 cm³/mol. The van der Waals surface area contributed by atoms with E-state index in [1.54, 1.807) is 0 Å². The van der Waals surface area contributed by atoms with Crippen LogP contribution in [-0.4, -0.2) is 37.2 Å². The molecule has 1 atom stereocenters. The summed E-state index contributed by atoms with van der Waals surface area (Å²) in [7, 11) is 0. The maximum Gasteiger partial charge on any atom is 0.306 e. The van der Waals surface area contributed by atoms with E-state index >= 15 is 0 Å². The molecule has 0 saturated heterocycles. The van der Waals surface area contributed by atoms with E-state index in [1.165, 1.54) is 161 Å². The Labute approximate surface area is 502 Å². The molecule has 466 valence electrons. The van der Waals surface area contributed by atoms with Crippen molar-refractivity contribution in [2.24, 2.45) is 0 Å². The van der Waals surface area contributed by atoms with Gasteiger partial charge in [-0.05, 0) is 116 Å². The zero-order valence-corrected chi connectivity index (χ0v) is 53.5. The van der Waals surface area contributed by atoms with Crippen molar-refractivity contribution in [1.29, 1.82) is 0 Å². The van der Waals surface area contributed by atoms with E-state index < -0.39 is 6.10 Å². The number of rotatable bonds is 63. The lowest BCUT2D eigenvalue weighted by Gasteiger charge is -2.18. The highest BCUT2D eigenvalue weighted by atomic mass is 16.6. The number of unbranched alkanes of at least 4 members (excludes halogenated alkanes) is 36. The van der Waals surface area contributed by atoms with Gasteiger partial charge in [0.2, 0.25) is 0 Å². The molecular weight excluding hydrogens is 997 g/mol. The topological polar surface area (TPSA) is 78.9 Å². The Bertz CT molecular complexity index is 1580. The minimum atomic E-state index is -0.789. The summed E-state index contributed by atoms with van der Waals surface area (Å²) in [6.45, 7) is 6.44. The minimum Gasteiger partial charge on any atom is -0.462 e. The molecule has 0 bridgehead atoms. The molecule has 0 fully saturated rings. The van der Waals surface area contributed by atoms with E-state index in [-0.39, 0.29) is 31.1 Å². The average molecular weight is 1130 g/mol. The molecule has 0 aromatic rings. The van der Waals surface area contributed by atoms with Crippen LogP contribution in [0.15, 0.2) is 97.2 Å². The second-order valence-electron chi connectivity index (χ2n) is 23.1. The Hall–Kier alpha value is -3.67. The van der Waals surface area contributed by atoms with E-state index in [4.69, 9.17) is 14.2 Å². The van der Waals surface area contributed by atoms with Crippen LogP contribution in [-0.2, 0) is 28.6 Å². The van der Waals surface area contributed by atoms with Crippen LogP contribution in [0.1, 0.15) is 342 Å². The third-order valence-electron chi connectivity index (χ3n) is 15.0. The fraction of sp³-hybridized carbons (Fsp3) is 0.747. The fourth-order valence-corrected chi connectivity index (χ4v) is 9.86. The summed E-state index contributed by atoms with van der Waals surface area (Å²) in [5.41, 5.74) is 0. The Morgan fingerprint density at radius 2 is 0.506 bits per heavy atom. The summed E-state index contributed by atoms with van der Waals surface area (Å²) in [5, 5.41) is 0. The van der Waals surface area contributed by atoms with Crippen LogP contribution in [0, 0.1) is 0 Å². The zero-order valence-electron chi connectivity index (χ0n) is 53.5. The third-order valence-corrected chi connectivity index (χ3v) is 15.0. The van der Waals surface area contributed by atoms with Gasteiger partial charge in [-0.25, -0.2) is 0 Å². The SMILES string of the molecule is CC/C=C\C/C=C\C/C=C\C/C=C\CCCCCCCCCCCCCCCCCCCCCCCCC(=O)OCC(COC(=O)CCCCCCC/C=C\C/C=C\CCC)OC(=O)CCCCCCC/C=C\C/C=C\CCCCC. The Morgan fingerprint density at radius 1 is 0.259 bits per heavy atom. The summed E-state index contributed by atoms with van der Waals surface area (Å²) in [6.07, 6.45) is 93.1. The molecule has 0 rings (SSSR count). The Kier molecular flexibility index (Phi) is 65.7. The van der Waals surface area contributed by atoms with E-state index in [1.807, 2.05) is 0 Å². The van der Waals surface area contributed by atoms with Crippen molar-refractivity contribution in [2.75, 3.05) is 13.2 Å². The molecular formula is C75H130O6. The summed E-state index contributed by atoms with van der Waals surface area (Å²) < 4.78 is 16.9.